The Labute approximate surface area is 70.2 Å². The molecule has 0 saturated carbocycles. The van der Waals surface area contributed by atoms with Gasteiger partial charge in [0.2, 0.25) is 0 Å². The highest BCUT2D eigenvalue weighted by molar-refractivity contribution is 5.52. The maximum absolute atomic E-state index is 10.4. The van der Waals surface area contributed by atoms with Crippen molar-refractivity contribution in [2.24, 2.45) is 17.3 Å². The van der Waals surface area contributed by atoms with Gasteiger partial charge in [-0.05, 0) is 17.8 Å². The summed E-state index contributed by atoms with van der Waals surface area (Å²) in [5.41, 5.74) is 0.292. The SMILES string of the molecule is CC(C=O)CC(C)(C)C(C)C. The van der Waals surface area contributed by atoms with Crippen LogP contribution in [0.5, 0.6) is 0 Å². The van der Waals surface area contributed by atoms with E-state index in [1.54, 1.807) is 0 Å². The molecule has 0 aliphatic heterocycles. The van der Waals surface area contributed by atoms with Crippen LogP contribution in [0.3, 0.4) is 0 Å². The third-order valence-electron chi connectivity index (χ3n) is 2.64. The summed E-state index contributed by atoms with van der Waals surface area (Å²) in [5.74, 6) is 0.845. The minimum absolute atomic E-state index is 0.201. The molecule has 0 saturated heterocycles. The van der Waals surface area contributed by atoms with E-state index in [1.807, 2.05) is 6.92 Å². The first-order valence-electron chi connectivity index (χ1n) is 4.35. The largest absolute Gasteiger partial charge is 0.303 e. The van der Waals surface area contributed by atoms with Gasteiger partial charge in [-0.1, -0.05) is 34.6 Å². The lowest BCUT2D eigenvalue weighted by Gasteiger charge is -2.30. The first kappa shape index (κ1) is 10.7. The summed E-state index contributed by atoms with van der Waals surface area (Å²) in [4.78, 5) is 10.4. The maximum Gasteiger partial charge on any atom is 0.122 e. The second-order valence-corrected chi connectivity index (χ2v) is 4.46. The summed E-state index contributed by atoms with van der Waals surface area (Å²) in [7, 11) is 0. The van der Waals surface area contributed by atoms with E-state index in [0.29, 0.717) is 11.3 Å². The van der Waals surface area contributed by atoms with E-state index in [9.17, 15) is 4.79 Å². The molecule has 0 fully saturated rings. The molecule has 0 aliphatic carbocycles. The Morgan fingerprint density at radius 3 is 2.00 bits per heavy atom. The van der Waals surface area contributed by atoms with Gasteiger partial charge >= 0.3 is 0 Å². The fourth-order valence-corrected chi connectivity index (χ4v) is 1.11. The zero-order chi connectivity index (χ0) is 9.07. The zero-order valence-corrected chi connectivity index (χ0v) is 8.35. The molecule has 0 rings (SSSR count). The van der Waals surface area contributed by atoms with E-state index in [0.717, 1.165) is 12.7 Å². The van der Waals surface area contributed by atoms with Crippen LogP contribution in [0, 0.1) is 17.3 Å². The molecule has 0 N–H and O–H groups in total. The smallest absolute Gasteiger partial charge is 0.122 e. The van der Waals surface area contributed by atoms with Crippen LogP contribution in [0.2, 0.25) is 0 Å². The van der Waals surface area contributed by atoms with E-state index in [4.69, 9.17) is 0 Å². The molecular weight excluding hydrogens is 136 g/mol. The summed E-state index contributed by atoms with van der Waals surface area (Å²) >= 11 is 0. The van der Waals surface area contributed by atoms with Crippen molar-refractivity contribution >= 4 is 6.29 Å². The Morgan fingerprint density at radius 1 is 1.27 bits per heavy atom. The summed E-state index contributed by atoms with van der Waals surface area (Å²) in [6.45, 7) is 10.8. The fraction of sp³-hybridized carbons (Fsp3) is 0.900. The van der Waals surface area contributed by atoms with Gasteiger partial charge in [-0.15, -0.1) is 0 Å². The monoisotopic (exact) mass is 156 g/mol. The highest BCUT2D eigenvalue weighted by atomic mass is 16.1. The standard InChI is InChI=1S/C10H20O/c1-8(2)10(4,5)6-9(3)7-11/h7-9H,6H2,1-5H3. The van der Waals surface area contributed by atoms with Gasteiger partial charge < -0.3 is 4.79 Å². The quantitative estimate of drug-likeness (QED) is 0.572. The molecule has 1 heteroatoms. The number of carbonyl (C=O) groups excluding carboxylic acids is 1. The highest BCUT2D eigenvalue weighted by Gasteiger charge is 2.24. The Bertz CT molecular complexity index is 125. The number of aldehydes is 1. The van der Waals surface area contributed by atoms with Crippen LogP contribution < -0.4 is 0 Å². The number of hydrogen-bond donors (Lipinski definition) is 0. The predicted molar refractivity (Wildman–Crippen MR) is 48.5 cm³/mol. The summed E-state index contributed by atoms with van der Waals surface area (Å²) in [5, 5.41) is 0. The van der Waals surface area contributed by atoms with Crippen molar-refractivity contribution in [3.05, 3.63) is 0 Å². The number of rotatable bonds is 4. The van der Waals surface area contributed by atoms with Gasteiger partial charge in [-0.3, -0.25) is 0 Å². The van der Waals surface area contributed by atoms with E-state index in [2.05, 4.69) is 27.7 Å². The predicted octanol–water partition coefficient (Wildman–Crippen LogP) is 2.89. The minimum atomic E-state index is 0.201. The first-order valence-corrected chi connectivity index (χ1v) is 4.35. The molecule has 0 spiro atoms. The zero-order valence-electron chi connectivity index (χ0n) is 8.35. The molecule has 1 unspecified atom stereocenters. The Morgan fingerprint density at radius 2 is 1.73 bits per heavy atom. The van der Waals surface area contributed by atoms with Gasteiger partial charge in [0, 0.05) is 5.92 Å². The van der Waals surface area contributed by atoms with Crippen LogP contribution in [-0.2, 0) is 4.79 Å². The van der Waals surface area contributed by atoms with Crippen LogP contribution in [0.4, 0.5) is 0 Å². The maximum atomic E-state index is 10.4. The average molecular weight is 156 g/mol. The second-order valence-electron chi connectivity index (χ2n) is 4.46. The van der Waals surface area contributed by atoms with E-state index in [-0.39, 0.29) is 5.92 Å². The van der Waals surface area contributed by atoms with Crippen molar-refractivity contribution in [1.29, 1.82) is 0 Å². The molecule has 1 nitrogen and oxygen atoms in total. The van der Waals surface area contributed by atoms with Gasteiger partial charge in [0.15, 0.2) is 0 Å². The summed E-state index contributed by atoms with van der Waals surface area (Å²) in [6, 6.07) is 0. The molecule has 11 heavy (non-hydrogen) atoms. The molecule has 0 aromatic carbocycles. The lowest BCUT2D eigenvalue weighted by atomic mass is 9.75. The van der Waals surface area contributed by atoms with Crippen molar-refractivity contribution < 1.29 is 4.79 Å². The fourth-order valence-electron chi connectivity index (χ4n) is 1.11. The summed E-state index contributed by atoms with van der Waals surface area (Å²) < 4.78 is 0. The van der Waals surface area contributed by atoms with E-state index < -0.39 is 0 Å². The second kappa shape index (κ2) is 3.89. The normalized spacial score (nSPS) is 15.1. The molecule has 0 aliphatic rings. The topological polar surface area (TPSA) is 17.1 Å². The van der Waals surface area contributed by atoms with Crippen molar-refractivity contribution in [3.63, 3.8) is 0 Å². The van der Waals surface area contributed by atoms with E-state index in [1.165, 1.54) is 0 Å². The third kappa shape index (κ3) is 3.54. The van der Waals surface area contributed by atoms with Gasteiger partial charge in [0.05, 0.1) is 0 Å². The molecule has 0 radical (unpaired) electrons. The van der Waals surface area contributed by atoms with E-state index >= 15 is 0 Å². The molecule has 66 valence electrons. The molecule has 0 amide bonds. The van der Waals surface area contributed by atoms with Crippen LogP contribution in [0.15, 0.2) is 0 Å². The van der Waals surface area contributed by atoms with Crippen LogP contribution in [0.25, 0.3) is 0 Å². The molecule has 0 bridgehead atoms. The highest BCUT2D eigenvalue weighted by Crippen LogP contribution is 2.32. The van der Waals surface area contributed by atoms with Crippen molar-refractivity contribution in [2.45, 2.75) is 41.0 Å². The third-order valence-corrected chi connectivity index (χ3v) is 2.64. The van der Waals surface area contributed by atoms with Crippen LogP contribution >= 0.6 is 0 Å². The van der Waals surface area contributed by atoms with Gasteiger partial charge in [-0.2, -0.15) is 0 Å². The molecule has 1 atom stereocenters. The van der Waals surface area contributed by atoms with Gasteiger partial charge in [0.1, 0.15) is 6.29 Å². The van der Waals surface area contributed by atoms with Crippen molar-refractivity contribution in [2.75, 3.05) is 0 Å². The lowest BCUT2D eigenvalue weighted by molar-refractivity contribution is -0.111. The number of carbonyl (C=O) groups is 1. The van der Waals surface area contributed by atoms with Crippen LogP contribution in [0.1, 0.15) is 41.0 Å². The minimum Gasteiger partial charge on any atom is -0.303 e. The Kier molecular flexibility index (Phi) is 3.77. The van der Waals surface area contributed by atoms with Crippen molar-refractivity contribution in [3.8, 4) is 0 Å². The van der Waals surface area contributed by atoms with Crippen LogP contribution in [-0.4, -0.2) is 6.29 Å². The lowest BCUT2D eigenvalue weighted by Crippen LogP contribution is -2.22. The first-order chi connectivity index (χ1) is 4.90. The summed E-state index contributed by atoms with van der Waals surface area (Å²) in [6.07, 6.45) is 2.04. The average Bonchev–Trinajstić information content (AvgIpc) is 1.86. The Balaban J connectivity index is 4.00. The van der Waals surface area contributed by atoms with Gasteiger partial charge in [-0.25, -0.2) is 0 Å². The molecule has 0 aromatic rings. The van der Waals surface area contributed by atoms with Crippen molar-refractivity contribution in [1.82, 2.24) is 0 Å². The molecule has 0 aromatic heterocycles. The molecule has 0 heterocycles. The Hall–Kier alpha value is -0.330. The number of hydrogen-bond acceptors (Lipinski definition) is 1. The van der Waals surface area contributed by atoms with Gasteiger partial charge in [0.25, 0.3) is 0 Å². The molecular formula is C10H20O.